The fourth-order valence-electron chi connectivity index (χ4n) is 1.39. The molecule has 1 rings (SSSR count). The molecule has 0 bridgehead atoms. The fourth-order valence-corrected chi connectivity index (χ4v) is 3.18. The summed E-state index contributed by atoms with van der Waals surface area (Å²) in [6.07, 6.45) is -0.0291. The minimum absolute atomic E-state index is 0.0291. The number of primary sulfonamides is 1. The average molecular weight is 323 g/mol. The standard InChI is InChI=1S/C9H13N3O6S2/c10-19(15,16)7-3-6-11-20(17,18)9-5-2-1-4-8(9)12(13)14/h1-2,4-5,11H,3,6-7H2,(H2,10,15,16). The highest BCUT2D eigenvalue weighted by Crippen LogP contribution is 2.22. The highest BCUT2D eigenvalue weighted by Gasteiger charge is 2.24. The van der Waals surface area contributed by atoms with Gasteiger partial charge in [-0.3, -0.25) is 10.1 Å². The summed E-state index contributed by atoms with van der Waals surface area (Å²) in [6, 6.07) is 4.86. The molecule has 0 radical (unpaired) electrons. The number of nitro groups is 1. The van der Waals surface area contributed by atoms with Crippen LogP contribution in [-0.2, 0) is 20.0 Å². The molecule has 0 saturated heterocycles. The van der Waals surface area contributed by atoms with E-state index in [1.54, 1.807) is 0 Å². The number of nitrogens with one attached hydrogen (secondary N) is 1. The van der Waals surface area contributed by atoms with Crippen LogP contribution in [0.5, 0.6) is 0 Å². The fraction of sp³-hybridized carbons (Fsp3) is 0.333. The van der Waals surface area contributed by atoms with E-state index >= 15 is 0 Å². The Hall–Kier alpha value is -1.56. The van der Waals surface area contributed by atoms with Gasteiger partial charge in [-0.1, -0.05) is 12.1 Å². The Morgan fingerprint density at radius 1 is 1.20 bits per heavy atom. The Balaban J connectivity index is 2.82. The summed E-state index contributed by atoms with van der Waals surface area (Å²) in [4.78, 5) is 9.47. The van der Waals surface area contributed by atoms with E-state index in [1.165, 1.54) is 12.1 Å². The first-order valence-corrected chi connectivity index (χ1v) is 8.57. The molecule has 0 amide bonds. The summed E-state index contributed by atoms with van der Waals surface area (Å²) in [5.74, 6) is -0.383. The van der Waals surface area contributed by atoms with Crippen molar-refractivity contribution in [2.24, 2.45) is 5.14 Å². The van der Waals surface area contributed by atoms with E-state index in [-0.39, 0.29) is 18.7 Å². The maximum absolute atomic E-state index is 11.9. The molecule has 0 aromatic heterocycles. The lowest BCUT2D eigenvalue weighted by molar-refractivity contribution is -0.387. The maximum Gasteiger partial charge on any atom is 0.289 e. The van der Waals surface area contributed by atoms with Crippen molar-refractivity contribution in [3.63, 3.8) is 0 Å². The molecule has 3 N–H and O–H groups in total. The Kier molecular flexibility index (Phi) is 5.16. The lowest BCUT2D eigenvalue weighted by Gasteiger charge is -2.06. The van der Waals surface area contributed by atoms with Crippen LogP contribution < -0.4 is 9.86 Å². The van der Waals surface area contributed by atoms with E-state index in [0.717, 1.165) is 12.1 Å². The topological polar surface area (TPSA) is 149 Å². The first kappa shape index (κ1) is 16.5. The number of benzene rings is 1. The van der Waals surface area contributed by atoms with Gasteiger partial charge in [0.15, 0.2) is 4.90 Å². The number of sulfonamides is 2. The van der Waals surface area contributed by atoms with Crippen molar-refractivity contribution in [2.75, 3.05) is 12.3 Å². The van der Waals surface area contributed by atoms with Crippen molar-refractivity contribution < 1.29 is 21.8 Å². The largest absolute Gasteiger partial charge is 0.289 e. The van der Waals surface area contributed by atoms with Gasteiger partial charge in [-0.2, -0.15) is 0 Å². The van der Waals surface area contributed by atoms with Crippen LogP contribution in [0.1, 0.15) is 6.42 Å². The van der Waals surface area contributed by atoms with E-state index in [4.69, 9.17) is 5.14 Å². The van der Waals surface area contributed by atoms with Gasteiger partial charge < -0.3 is 0 Å². The molecule has 0 unspecified atom stereocenters. The van der Waals surface area contributed by atoms with Gasteiger partial charge in [-0.15, -0.1) is 0 Å². The molecule has 0 aliphatic heterocycles. The maximum atomic E-state index is 11.9. The molecular weight excluding hydrogens is 310 g/mol. The third-order valence-electron chi connectivity index (χ3n) is 2.25. The van der Waals surface area contributed by atoms with Crippen molar-refractivity contribution in [2.45, 2.75) is 11.3 Å². The van der Waals surface area contributed by atoms with Gasteiger partial charge in [0.05, 0.1) is 10.7 Å². The van der Waals surface area contributed by atoms with Crippen molar-refractivity contribution in [1.29, 1.82) is 0 Å². The zero-order valence-electron chi connectivity index (χ0n) is 10.2. The average Bonchev–Trinajstić information content (AvgIpc) is 2.33. The third kappa shape index (κ3) is 4.85. The number of hydrogen-bond acceptors (Lipinski definition) is 6. The molecule has 9 nitrogen and oxygen atoms in total. The smallest absolute Gasteiger partial charge is 0.258 e. The number of para-hydroxylation sites is 1. The number of rotatable bonds is 7. The lowest BCUT2D eigenvalue weighted by Crippen LogP contribution is -2.28. The lowest BCUT2D eigenvalue weighted by atomic mass is 10.3. The van der Waals surface area contributed by atoms with Crippen molar-refractivity contribution >= 4 is 25.7 Å². The summed E-state index contributed by atoms with van der Waals surface area (Å²) >= 11 is 0. The Morgan fingerprint density at radius 3 is 2.35 bits per heavy atom. The van der Waals surface area contributed by atoms with Crippen LogP contribution in [0.4, 0.5) is 5.69 Å². The molecule has 0 heterocycles. The first-order valence-electron chi connectivity index (χ1n) is 5.37. The van der Waals surface area contributed by atoms with E-state index in [1.807, 2.05) is 0 Å². The van der Waals surface area contributed by atoms with Crippen molar-refractivity contribution in [3.05, 3.63) is 34.4 Å². The number of nitrogens with zero attached hydrogens (tertiary/aromatic N) is 1. The van der Waals surface area contributed by atoms with Crippen LogP contribution in [0.15, 0.2) is 29.2 Å². The second-order valence-corrected chi connectivity index (χ2v) is 7.31. The van der Waals surface area contributed by atoms with Gasteiger partial charge in [0.25, 0.3) is 5.69 Å². The van der Waals surface area contributed by atoms with Crippen LogP contribution in [-0.4, -0.2) is 34.1 Å². The number of nitro benzene ring substituents is 1. The van der Waals surface area contributed by atoms with E-state index < -0.39 is 35.6 Å². The van der Waals surface area contributed by atoms with E-state index in [9.17, 15) is 26.9 Å². The predicted molar refractivity (Wildman–Crippen MR) is 70.9 cm³/mol. The molecule has 112 valence electrons. The number of hydrogen-bond donors (Lipinski definition) is 2. The van der Waals surface area contributed by atoms with Gasteiger partial charge in [-0.25, -0.2) is 26.7 Å². The Labute approximate surface area is 116 Å². The van der Waals surface area contributed by atoms with Gasteiger partial charge >= 0.3 is 0 Å². The van der Waals surface area contributed by atoms with Crippen LogP contribution in [0, 0.1) is 10.1 Å². The quantitative estimate of drug-likeness (QED) is 0.394. The molecule has 0 aliphatic rings. The monoisotopic (exact) mass is 323 g/mol. The van der Waals surface area contributed by atoms with Crippen LogP contribution >= 0.6 is 0 Å². The van der Waals surface area contributed by atoms with Gasteiger partial charge in [0.1, 0.15) is 0 Å². The van der Waals surface area contributed by atoms with Crippen LogP contribution in [0.25, 0.3) is 0 Å². The zero-order chi connectivity index (χ0) is 15.4. The Morgan fingerprint density at radius 2 is 1.80 bits per heavy atom. The van der Waals surface area contributed by atoms with Gasteiger partial charge in [0, 0.05) is 12.6 Å². The molecular formula is C9H13N3O6S2. The molecule has 0 saturated carbocycles. The molecule has 0 fully saturated rings. The SMILES string of the molecule is NS(=O)(=O)CCCNS(=O)(=O)c1ccccc1[N+](=O)[O-]. The third-order valence-corrected chi connectivity index (χ3v) is 4.62. The van der Waals surface area contributed by atoms with Crippen LogP contribution in [0.2, 0.25) is 0 Å². The predicted octanol–water partition coefficient (Wildman–Crippen LogP) is -0.448. The molecule has 0 atom stereocenters. The highest BCUT2D eigenvalue weighted by molar-refractivity contribution is 7.89. The summed E-state index contributed by atoms with van der Waals surface area (Å²) in [5, 5.41) is 15.5. The van der Waals surface area contributed by atoms with E-state index in [0.29, 0.717) is 0 Å². The van der Waals surface area contributed by atoms with E-state index in [2.05, 4.69) is 4.72 Å². The molecule has 20 heavy (non-hydrogen) atoms. The van der Waals surface area contributed by atoms with Crippen molar-refractivity contribution in [1.82, 2.24) is 4.72 Å². The zero-order valence-corrected chi connectivity index (χ0v) is 11.9. The summed E-state index contributed by atoms with van der Waals surface area (Å²) in [7, 11) is -7.75. The Bertz CT molecular complexity index is 698. The molecule has 1 aromatic carbocycles. The number of nitrogens with two attached hydrogens (primary N) is 1. The highest BCUT2D eigenvalue weighted by atomic mass is 32.2. The molecule has 0 spiro atoms. The normalized spacial score (nSPS) is 12.2. The molecule has 0 aliphatic carbocycles. The van der Waals surface area contributed by atoms with Gasteiger partial charge in [-0.05, 0) is 12.5 Å². The first-order chi connectivity index (χ1) is 9.13. The second kappa shape index (κ2) is 6.26. The second-order valence-electron chi connectivity index (χ2n) is 3.84. The molecule has 11 heteroatoms. The minimum atomic E-state index is -4.08. The summed E-state index contributed by atoms with van der Waals surface area (Å²) in [6.45, 7) is -0.190. The molecule has 1 aromatic rings. The minimum Gasteiger partial charge on any atom is -0.258 e. The van der Waals surface area contributed by atoms with Crippen LogP contribution in [0.3, 0.4) is 0 Å². The van der Waals surface area contributed by atoms with Crippen molar-refractivity contribution in [3.8, 4) is 0 Å². The summed E-state index contributed by atoms with van der Waals surface area (Å²) < 4.78 is 47.2. The van der Waals surface area contributed by atoms with Gasteiger partial charge in [0.2, 0.25) is 20.0 Å². The summed E-state index contributed by atoms with van der Waals surface area (Å²) in [5.41, 5.74) is -0.550.